The number of nitrogens with zero attached hydrogens (tertiary/aromatic N) is 2. The molecule has 0 aliphatic carbocycles. The number of pyridine rings is 1. The number of carbonyl (C=O) groups excluding carboxylic acids is 1. The van der Waals surface area contributed by atoms with Crippen molar-refractivity contribution in [3.63, 3.8) is 0 Å². The van der Waals surface area contributed by atoms with Crippen LogP contribution >= 0.6 is 0 Å². The van der Waals surface area contributed by atoms with E-state index in [1.807, 2.05) is 79.0 Å². The number of aromatic nitrogens is 2. The Hall–Kier alpha value is -8.22. The number of fused-ring (bicyclic) bond motifs is 6. The van der Waals surface area contributed by atoms with Crippen molar-refractivity contribution < 1.29 is 9.21 Å². The molecule has 0 unspecified atom stereocenters. The molecule has 6 nitrogen and oxygen atoms in total. The molecule has 8 aromatic carbocycles. The van der Waals surface area contributed by atoms with Crippen molar-refractivity contribution in [3.8, 4) is 28.1 Å². The predicted molar refractivity (Wildman–Crippen MR) is 265 cm³/mol. The van der Waals surface area contributed by atoms with E-state index in [1.54, 1.807) is 0 Å². The Morgan fingerprint density at radius 2 is 1.16 bits per heavy atom. The highest BCUT2D eigenvalue weighted by Crippen LogP contribution is 2.42. The van der Waals surface area contributed by atoms with Crippen LogP contribution in [0.2, 0.25) is 0 Å². The zero-order valence-corrected chi connectivity index (χ0v) is 35.5. The van der Waals surface area contributed by atoms with E-state index in [0.717, 1.165) is 95.2 Å². The summed E-state index contributed by atoms with van der Waals surface area (Å²) >= 11 is 0. The van der Waals surface area contributed by atoms with E-state index in [1.165, 1.54) is 5.56 Å². The average Bonchev–Trinajstić information content (AvgIpc) is 3.89. The molecule has 2 N–H and O–H groups in total. The minimum atomic E-state index is -0.0775. The van der Waals surface area contributed by atoms with Crippen LogP contribution in [0.15, 0.2) is 205 Å². The van der Waals surface area contributed by atoms with Gasteiger partial charge in [-0.25, -0.2) is 4.98 Å². The highest BCUT2D eigenvalue weighted by atomic mass is 16.3. The molecule has 0 aliphatic heterocycles. The van der Waals surface area contributed by atoms with Crippen molar-refractivity contribution in [2.45, 2.75) is 20.3 Å². The maximum absolute atomic E-state index is 14.6. The maximum Gasteiger partial charge on any atom is 0.193 e. The van der Waals surface area contributed by atoms with Gasteiger partial charge in [-0.05, 0) is 71.5 Å². The predicted octanol–water partition coefficient (Wildman–Crippen LogP) is 15.3. The number of ketones is 1. The van der Waals surface area contributed by atoms with Gasteiger partial charge in [-0.1, -0.05) is 166 Å². The lowest BCUT2D eigenvalue weighted by atomic mass is 9.95. The smallest absolute Gasteiger partial charge is 0.193 e. The van der Waals surface area contributed by atoms with Crippen LogP contribution in [-0.2, 0) is 6.42 Å². The molecule has 3 aromatic heterocycles. The third-order valence-corrected chi connectivity index (χ3v) is 12.1. The van der Waals surface area contributed by atoms with E-state index >= 15 is 0 Å². The van der Waals surface area contributed by atoms with E-state index in [2.05, 4.69) is 150 Å². The second-order valence-electron chi connectivity index (χ2n) is 16.8. The van der Waals surface area contributed by atoms with Crippen LogP contribution in [0.25, 0.3) is 71.8 Å². The zero-order chi connectivity index (χ0) is 43.1. The number of anilines is 4. The Kier molecular flexibility index (Phi) is 9.81. The highest BCUT2D eigenvalue weighted by Gasteiger charge is 2.22. The van der Waals surface area contributed by atoms with Crippen molar-refractivity contribution in [2.75, 3.05) is 10.6 Å². The summed E-state index contributed by atoms with van der Waals surface area (Å²) in [6.45, 7) is 4.45. The number of hydrogen-bond donors (Lipinski definition) is 2. The summed E-state index contributed by atoms with van der Waals surface area (Å²) in [5.41, 5.74) is 13.9. The van der Waals surface area contributed by atoms with Crippen LogP contribution < -0.4 is 10.6 Å². The van der Waals surface area contributed by atoms with Gasteiger partial charge in [-0.15, -0.1) is 0 Å². The number of carbonyl (C=O) groups is 1. The second-order valence-corrected chi connectivity index (χ2v) is 16.8. The molecular formula is C58H44N4O2. The number of rotatable bonds is 11. The summed E-state index contributed by atoms with van der Waals surface area (Å²) in [6, 6.07) is 66.0. The van der Waals surface area contributed by atoms with Gasteiger partial charge < -0.3 is 15.1 Å². The lowest BCUT2D eigenvalue weighted by Gasteiger charge is -2.20. The first kappa shape index (κ1) is 38.7. The molecule has 0 amide bonds. The van der Waals surface area contributed by atoms with Gasteiger partial charge in [0, 0.05) is 55.7 Å². The monoisotopic (exact) mass is 828 g/mol. The Morgan fingerprint density at radius 3 is 1.91 bits per heavy atom. The number of benzene rings is 8. The van der Waals surface area contributed by atoms with Crippen LogP contribution in [0.3, 0.4) is 0 Å². The topological polar surface area (TPSA) is 72.1 Å². The van der Waals surface area contributed by atoms with Gasteiger partial charge in [0.05, 0.1) is 28.1 Å². The standard InChI is InChI=1S/C58H44N4O2/c1-37(2)34-42-21-14-26-48-49-32-33-59-58(57(49)64-56(42)48)62-52-29-12-9-23-46(52)47-31-30-41(36-53(47)62)55(63)40-20-13-22-43(35-40)60-50-27-10-11-28-51(50)61-54-44(38-16-5-3-6-17-38)24-15-25-45(54)39-18-7-4-8-19-39/h3-33,35-37,60-61H,34H2,1-2H3. The fourth-order valence-electron chi connectivity index (χ4n) is 9.17. The number of para-hydroxylation sites is 5. The van der Waals surface area contributed by atoms with E-state index < -0.39 is 0 Å². The molecule has 3 heterocycles. The largest absolute Gasteiger partial charge is 0.452 e. The van der Waals surface area contributed by atoms with Gasteiger partial charge in [0.25, 0.3) is 0 Å². The summed E-state index contributed by atoms with van der Waals surface area (Å²) in [5, 5.41) is 11.7. The van der Waals surface area contributed by atoms with Crippen molar-refractivity contribution in [3.05, 3.63) is 217 Å². The number of nitrogens with one attached hydrogen (secondary N) is 2. The third-order valence-electron chi connectivity index (χ3n) is 12.1. The van der Waals surface area contributed by atoms with Gasteiger partial charge in [0.1, 0.15) is 5.58 Å². The van der Waals surface area contributed by atoms with Gasteiger partial charge in [0.2, 0.25) is 0 Å². The van der Waals surface area contributed by atoms with E-state index in [-0.39, 0.29) is 5.78 Å². The van der Waals surface area contributed by atoms with Gasteiger partial charge in [0.15, 0.2) is 17.2 Å². The molecule has 11 aromatic rings. The van der Waals surface area contributed by atoms with Crippen LogP contribution in [0, 0.1) is 5.92 Å². The van der Waals surface area contributed by atoms with Gasteiger partial charge in [-0.2, -0.15) is 0 Å². The van der Waals surface area contributed by atoms with Crippen molar-refractivity contribution in [2.24, 2.45) is 5.92 Å². The van der Waals surface area contributed by atoms with E-state index in [9.17, 15) is 4.79 Å². The molecule has 0 bridgehead atoms. The van der Waals surface area contributed by atoms with Gasteiger partial charge >= 0.3 is 0 Å². The average molecular weight is 829 g/mol. The number of furan rings is 1. The highest BCUT2D eigenvalue weighted by molar-refractivity contribution is 6.16. The summed E-state index contributed by atoms with van der Waals surface area (Å²) in [7, 11) is 0. The molecule has 0 radical (unpaired) electrons. The molecule has 64 heavy (non-hydrogen) atoms. The molecule has 6 heteroatoms. The molecule has 0 aliphatic rings. The fourth-order valence-corrected chi connectivity index (χ4v) is 9.17. The molecule has 0 saturated heterocycles. The first-order chi connectivity index (χ1) is 31.5. The van der Waals surface area contributed by atoms with Crippen molar-refractivity contribution >= 4 is 72.3 Å². The Balaban J connectivity index is 0.955. The summed E-state index contributed by atoms with van der Waals surface area (Å²) in [5.74, 6) is 1.10. The molecule has 0 spiro atoms. The molecule has 11 rings (SSSR count). The minimum Gasteiger partial charge on any atom is -0.452 e. The third kappa shape index (κ3) is 6.95. The van der Waals surface area contributed by atoms with Crippen LogP contribution in [0.4, 0.5) is 22.7 Å². The zero-order valence-electron chi connectivity index (χ0n) is 35.5. The van der Waals surface area contributed by atoms with E-state index in [0.29, 0.717) is 22.9 Å². The SMILES string of the molecule is CC(C)Cc1cccc2c1oc1c(-n3c4ccccc4c4ccc(C(=O)c5cccc(Nc6ccccc6Nc6c(-c7ccccc7)cccc6-c6ccccc6)c5)cc43)nccc12. The van der Waals surface area contributed by atoms with Crippen LogP contribution in [0.5, 0.6) is 0 Å². The second kappa shape index (κ2) is 16.2. The van der Waals surface area contributed by atoms with Crippen molar-refractivity contribution in [1.82, 2.24) is 9.55 Å². The Labute approximate surface area is 371 Å². The van der Waals surface area contributed by atoms with E-state index in [4.69, 9.17) is 9.40 Å². The number of hydrogen-bond acceptors (Lipinski definition) is 5. The fraction of sp³-hybridized carbons (Fsp3) is 0.0690. The first-order valence-corrected chi connectivity index (χ1v) is 21.8. The molecule has 308 valence electrons. The molecule has 0 saturated carbocycles. The normalized spacial score (nSPS) is 11.5. The van der Waals surface area contributed by atoms with Crippen LogP contribution in [0.1, 0.15) is 35.3 Å². The van der Waals surface area contributed by atoms with Gasteiger partial charge in [-0.3, -0.25) is 9.36 Å². The minimum absolute atomic E-state index is 0.0775. The Morgan fingerprint density at radius 1 is 0.547 bits per heavy atom. The maximum atomic E-state index is 14.6. The summed E-state index contributed by atoms with van der Waals surface area (Å²) < 4.78 is 8.93. The molecule has 0 atom stereocenters. The van der Waals surface area contributed by atoms with Crippen molar-refractivity contribution in [1.29, 1.82) is 0 Å². The quantitative estimate of drug-likeness (QED) is 0.127. The Bertz CT molecular complexity index is 3470. The molecule has 0 fully saturated rings. The summed E-state index contributed by atoms with van der Waals surface area (Å²) in [6.07, 6.45) is 2.77. The van der Waals surface area contributed by atoms with Crippen LogP contribution in [-0.4, -0.2) is 15.3 Å². The molecular weight excluding hydrogens is 785 g/mol. The first-order valence-electron chi connectivity index (χ1n) is 21.8. The lowest BCUT2D eigenvalue weighted by molar-refractivity contribution is 0.103. The summed E-state index contributed by atoms with van der Waals surface area (Å²) in [4.78, 5) is 19.5. The lowest BCUT2D eigenvalue weighted by Crippen LogP contribution is -2.04.